The molecule has 2 atom stereocenters. The molecule has 2 aromatic carbocycles. The fourth-order valence-electron chi connectivity index (χ4n) is 4.36. The number of rotatable bonds is 13. The van der Waals surface area contributed by atoms with Gasteiger partial charge in [0.15, 0.2) is 0 Å². The highest BCUT2D eigenvalue weighted by Gasteiger charge is 2.24. The van der Waals surface area contributed by atoms with E-state index in [0.717, 1.165) is 43.1 Å². The van der Waals surface area contributed by atoms with E-state index in [1.54, 1.807) is 6.07 Å². The number of hydrogen-bond donors (Lipinski definition) is 3. The number of aliphatic hydroxyl groups excluding tert-OH is 1. The van der Waals surface area contributed by atoms with E-state index in [4.69, 9.17) is 0 Å². The fraction of sp³-hybridized carbons (Fsp3) is 0.414. The molecule has 0 aliphatic heterocycles. The molecule has 0 spiro atoms. The smallest absolute Gasteiger partial charge is 0.268 e. The van der Waals surface area contributed by atoms with Gasteiger partial charge < -0.3 is 20.3 Å². The molecule has 3 aromatic rings. The SMILES string of the molecule is CCCCn1c(C)ccc1C(=O)N[C@@H](Cc1cc(F)cc(F)c1)[C@H](O)CNCc1cccc(CC)c1. The molecule has 3 rings (SSSR count). The van der Waals surface area contributed by atoms with Crippen molar-refractivity contribution in [2.24, 2.45) is 0 Å². The normalized spacial score (nSPS) is 12.9. The molecule has 0 aliphatic rings. The monoisotopic (exact) mass is 497 g/mol. The van der Waals surface area contributed by atoms with Crippen molar-refractivity contribution in [3.8, 4) is 0 Å². The predicted molar refractivity (Wildman–Crippen MR) is 139 cm³/mol. The quantitative estimate of drug-likeness (QED) is 0.314. The van der Waals surface area contributed by atoms with E-state index in [2.05, 4.69) is 36.6 Å². The van der Waals surface area contributed by atoms with Crippen LogP contribution in [0.25, 0.3) is 0 Å². The lowest BCUT2D eigenvalue weighted by Gasteiger charge is -2.25. The summed E-state index contributed by atoms with van der Waals surface area (Å²) in [6.45, 7) is 7.62. The minimum absolute atomic E-state index is 0.0865. The topological polar surface area (TPSA) is 66.3 Å². The molecule has 0 unspecified atom stereocenters. The molecule has 0 fully saturated rings. The van der Waals surface area contributed by atoms with Crippen molar-refractivity contribution in [2.45, 2.75) is 71.7 Å². The van der Waals surface area contributed by atoms with Crippen LogP contribution in [0.15, 0.2) is 54.6 Å². The van der Waals surface area contributed by atoms with Gasteiger partial charge in [0.25, 0.3) is 5.91 Å². The highest BCUT2D eigenvalue weighted by atomic mass is 19.1. The highest BCUT2D eigenvalue weighted by molar-refractivity contribution is 5.93. The second kappa shape index (κ2) is 13.3. The van der Waals surface area contributed by atoms with Crippen LogP contribution in [-0.2, 0) is 25.9 Å². The molecule has 0 saturated carbocycles. The zero-order valence-electron chi connectivity index (χ0n) is 21.4. The Balaban J connectivity index is 1.74. The van der Waals surface area contributed by atoms with Crippen LogP contribution in [0.3, 0.4) is 0 Å². The number of unbranched alkanes of at least 4 members (excludes halogenated alkanes) is 1. The maximum absolute atomic E-state index is 13.8. The molecule has 0 bridgehead atoms. The van der Waals surface area contributed by atoms with Gasteiger partial charge in [-0.15, -0.1) is 0 Å². The summed E-state index contributed by atoms with van der Waals surface area (Å²) in [6, 6.07) is 14.4. The lowest BCUT2D eigenvalue weighted by atomic mass is 10.00. The standard InChI is InChI=1S/C29H37F2N3O2/c1-4-6-12-34-20(3)10-11-27(34)29(36)33-26(16-23-14-24(30)17-25(31)15-23)28(35)19-32-18-22-9-7-8-21(5-2)13-22/h7-11,13-15,17,26,28,32,35H,4-6,12,16,18-19H2,1-3H3,(H,33,36)/t26-,28+/m0/s1. The summed E-state index contributed by atoms with van der Waals surface area (Å²) < 4.78 is 29.6. The first-order chi connectivity index (χ1) is 17.3. The summed E-state index contributed by atoms with van der Waals surface area (Å²) in [5.74, 6) is -1.71. The van der Waals surface area contributed by atoms with Crippen LogP contribution >= 0.6 is 0 Å². The number of halogens is 2. The minimum Gasteiger partial charge on any atom is -0.390 e. The van der Waals surface area contributed by atoms with Gasteiger partial charge in [-0.2, -0.15) is 0 Å². The number of nitrogens with one attached hydrogen (secondary N) is 2. The van der Waals surface area contributed by atoms with Gasteiger partial charge >= 0.3 is 0 Å². The second-order valence-corrected chi connectivity index (χ2v) is 9.30. The Morgan fingerprint density at radius 2 is 1.72 bits per heavy atom. The highest BCUT2D eigenvalue weighted by Crippen LogP contribution is 2.15. The summed E-state index contributed by atoms with van der Waals surface area (Å²) in [4.78, 5) is 13.2. The van der Waals surface area contributed by atoms with Crippen LogP contribution in [0, 0.1) is 18.6 Å². The molecule has 36 heavy (non-hydrogen) atoms. The first-order valence-electron chi connectivity index (χ1n) is 12.7. The summed E-state index contributed by atoms with van der Waals surface area (Å²) >= 11 is 0. The third-order valence-corrected chi connectivity index (χ3v) is 6.41. The average Bonchev–Trinajstić information content (AvgIpc) is 3.22. The maximum atomic E-state index is 13.8. The van der Waals surface area contributed by atoms with Crippen molar-refractivity contribution in [1.82, 2.24) is 15.2 Å². The van der Waals surface area contributed by atoms with E-state index in [1.165, 1.54) is 17.7 Å². The van der Waals surface area contributed by atoms with Crippen molar-refractivity contribution in [3.63, 3.8) is 0 Å². The molecule has 0 radical (unpaired) electrons. The van der Waals surface area contributed by atoms with Gasteiger partial charge in [0.1, 0.15) is 17.3 Å². The zero-order chi connectivity index (χ0) is 26.1. The molecule has 1 aromatic heterocycles. The Kier molecular flexibility index (Phi) is 10.2. The summed E-state index contributed by atoms with van der Waals surface area (Å²) in [5, 5.41) is 17.2. The predicted octanol–water partition coefficient (Wildman–Crippen LogP) is 4.93. The first kappa shape index (κ1) is 27.6. The Morgan fingerprint density at radius 3 is 2.42 bits per heavy atom. The molecule has 1 amide bonds. The van der Waals surface area contributed by atoms with Crippen molar-refractivity contribution in [1.29, 1.82) is 0 Å². The number of aliphatic hydroxyl groups is 1. The third-order valence-electron chi connectivity index (χ3n) is 6.41. The van der Waals surface area contributed by atoms with Crippen molar-refractivity contribution in [3.05, 3.63) is 94.3 Å². The summed E-state index contributed by atoms with van der Waals surface area (Å²) in [7, 11) is 0. The van der Waals surface area contributed by atoms with Gasteiger partial charge in [0, 0.05) is 31.4 Å². The van der Waals surface area contributed by atoms with Gasteiger partial charge in [-0.05, 0) is 67.1 Å². The summed E-state index contributed by atoms with van der Waals surface area (Å²) in [6.07, 6.45) is 1.98. The van der Waals surface area contributed by atoms with Crippen LogP contribution in [0.4, 0.5) is 8.78 Å². The fourth-order valence-corrected chi connectivity index (χ4v) is 4.36. The molecule has 1 heterocycles. The van der Waals surface area contributed by atoms with E-state index >= 15 is 0 Å². The van der Waals surface area contributed by atoms with Crippen LogP contribution in [0.5, 0.6) is 0 Å². The van der Waals surface area contributed by atoms with Gasteiger partial charge in [-0.3, -0.25) is 4.79 Å². The van der Waals surface area contributed by atoms with Crippen molar-refractivity contribution >= 4 is 5.91 Å². The lowest BCUT2D eigenvalue weighted by molar-refractivity contribution is 0.0821. The van der Waals surface area contributed by atoms with Crippen LogP contribution in [0.1, 0.15) is 59.6 Å². The van der Waals surface area contributed by atoms with Crippen LogP contribution < -0.4 is 10.6 Å². The van der Waals surface area contributed by atoms with Gasteiger partial charge in [0.05, 0.1) is 12.1 Å². The molecule has 5 nitrogen and oxygen atoms in total. The van der Waals surface area contributed by atoms with Crippen LogP contribution in [0.2, 0.25) is 0 Å². The average molecular weight is 498 g/mol. The Morgan fingerprint density at radius 1 is 1.00 bits per heavy atom. The second-order valence-electron chi connectivity index (χ2n) is 9.30. The number of aryl methyl sites for hydroxylation is 2. The van der Waals surface area contributed by atoms with E-state index in [-0.39, 0.29) is 18.9 Å². The number of hydrogen-bond acceptors (Lipinski definition) is 3. The van der Waals surface area contributed by atoms with Gasteiger partial charge in [0.2, 0.25) is 0 Å². The molecule has 7 heteroatoms. The Labute approximate surface area is 212 Å². The maximum Gasteiger partial charge on any atom is 0.268 e. The van der Waals surface area contributed by atoms with Gasteiger partial charge in [-0.1, -0.05) is 44.5 Å². The number of carbonyl (C=O) groups excluding carboxylic acids is 1. The zero-order valence-corrected chi connectivity index (χ0v) is 21.4. The van der Waals surface area contributed by atoms with Crippen molar-refractivity contribution in [2.75, 3.05) is 6.54 Å². The van der Waals surface area contributed by atoms with E-state index in [9.17, 15) is 18.7 Å². The minimum atomic E-state index is -0.977. The van der Waals surface area contributed by atoms with Crippen molar-refractivity contribution < 1.29 is 18.7 Å². The van der Waals surface area contributed by atoms with E-state index < -0.39 is 23.8 Å². The molecule has 0 saturated heterocycles. The number of nitrogens with zero attached hydrogens (tertiary/aromatic N) is 1. The number of benzene rings is 2. The molecule has 194 valence electrons. The number of aromatic nitrogens is 1. The molecule has 0 aliphatic carbocycles. The lowest BCUT2D eigenvalue weighted by Crippen LogP contribution is -2.49. The van der Waals surface area contributed by atoms with Crippen LogP contribution in [-0.4, -0.2) is 34.3 Å². The largest absolute Gasteiger partial charge is 0.390 e. The van der Waals surface area contributed by atoms with Gasteiger partial charge in [-0.25, -0.2) is 8.78 Å². The van der Waals surface area contributed by atoms with E-state index in [0.29, 0.717) is 17.8 Å². The summed E-state index contributed by atoms with van der Waals surface area (Å²) in [5.41, 5.74) is 4.18. The number of amides is 1. The Hall–Kier alpha value is -3.03. The molecular formula is C29H37F2N3O2. The number of carbonyl (C=O) groups is 1. The van der Waals surface area contributed by atoms with E-state index in [1.807, 2.05) is 29.7 Å². The third kappa shape index (κ3) is 7.73. The Bertz CT molecular complexity index is 1130. The molecule has 3 N–H and O–H groups in total. The molecular weight excluding hydrogens is 460 g/mol. The first-order valence-corrected chi connectivity index (χ1v) is 12.7.